The van der Waals surface area contributed by atoms with Crippen LogP contribution < -0.4 is 5.32 Å². The standard InChI is InChI=1S/C14H18F2N2OS/c1-3-17-13-11(15)6-10(7-12(13)16)14(19)18-4-5-20-8-9(18)2/h6-7,9,17H,3-5,8H2,1-2H3. The lowest BCUT2D eigenvalue weighted by Crippen LogP contribution is -2.44. The predicted octanol–water partition coefficient (Wildman–Crippen LogP) is 2.97. The van der Waals surface area contributed by atoms with Crippen LogP contribution in [0.25, 0.3) is 0 Å². The Morgan fingerprint density at radius 2 is 2.10 bits per heavy atom. The zero-order chi connectivity index (χ0) is 14.7. The smallest absolute Gasteiger partial charge is 0.254 e. The molecule has 1 aromatic rings. The number of thioether (sulfide) groups is 1. The zero-order valence-corrected chi connectivity index (χ0v) is 12.4. The van der Waals surface area contributed by atoms with Crippen LogP contribution in [0.2, 0.25) is 0 Å². The number of hydrogen-bond donors (Lipinski definition) is 1. The van der Waals surface area contributed by atoms with Crippen LogP contribution in [0, 0.1) is 11.6 Å². The van der Waals surface area contributed by atoms with Gasteiger partial charge in [0.15, 0.2) is 0 Å². The lowest BCUT2D eigenvalue weighted by atomic mass is 10.1. The van der Waals surface area contributed by atoms with E-state index in [0.717, 1.165) is 23.6 Å². The minimum Gasteiger partial charge on any atom is -0.381 e. The molecule has 0 aliphatic carbocycles. The third kappa shape index (κ3) is 3.06. The van der Waals surface area contributed by atoms with Gasteiger partial charge in [-0.1, -0.05) is 0 Å². The lowest BCUT2D eigenvalue weighted by Gasteiger charge is -2.33. The van der Waals surface area contributed by atoms with Crippen molar-refractivity contribution in [1.29, 1.82) is 0 Å². The van der Waals surface area contributed by atoms with Crippen LogP contribution in [0.3, 0.4) is 0 Å². The second-order valence-electron chi connectivity index (χ2n) is 4.77. The molecular weight excluding hydrogens is 282 g/mol. The van der Waals surface area contributed by atoms with Crippen molar-refractivity contribution in [2.45, 2.75) is 19.9 Å². The highest BCUT2D eigenvalue weighted by Crippen LogP contribution is 2.24. The third-order valence-electron chi connectivity index (χ3n) is 3.27. The van der Waals surface area contributed by atoms with Gasteiger partial charge in [0, 0.05) is 36.2 Å². The maximum absolute atomic E-state index is 13.8. The van der Waals surface area contributed by atoms with Gasteiger partial charge in [0.05, 0.1) is 0 Å². The van der Waals surface area contributed by atoms with E-state index in [-0.39, 0.29) is 23.2 Å². The Kier molecular flexibility index (Phi) is 4.86. The summed E-state index contributed by atoms with van der Waals surface area (Å²) in [6, 6.07) is 2.30. The molecule has 1 N–H and O–H groups in total. The summed E-state index contributed by atoms with van der Waals surface area (Å²) in [4.78, 5) is 14.0. The Morgan fingerprint density at radius 1 is 1.45 bits per heavy atom. The summed E-state index contributed by atoms with van der Waals surface area (Å²) < 4.78 is 27.7. The summed E-state index contributed by atoms with van der Waals surface area (Å²) in [5.41, 5.74) is -0.105. The molecule has 110 valence electrons. The molecule has 6 heteroatoms. The Hall–Kier alpha value is -1.30. The van der Waals surface area contributed by atoms with Gasteiger partial charge in [-0.3, -0.25) is 4.79 Å². The van der Waals surface area contributed by atoms with Crippen molar-refractivity contribution >= 4 is 23.4 Å². The van der Waals surface area contributed by atoms with E-state index < -0.39 is 11.6 Å². The first-order valence-corrected chi connectivity index (χ1v) is 7.81. The number of rotatable bonds is 3. The van der Waals surface area contributed by atoms with Gasteiger partial charge < -0.3 is 10.2 Å². The van der Waals surface area contributed by atoms with E-state index in [1.807, 2.05) is 6.92 Å². The fourth-order valence-corrected chi connectivity index (χ4v) is 3.25. The van der Waals surface area contributed by atoms with Crippen molar-refractivity contribution in [2.24, 2.45) is 0 Å². The minimum absolute atomic E-state index is 0.0698. The summed E-state index contributed by atoms with van der Waals surface area (Å²) in [6.07, 6.45) is 0. The molecule has 1 fully saturated rings. The summed E-state index contributed by atoms with van der Waals surface area (Å²) in [6.45, 7) is 4.74. The summed E-state index contributed by atoms with van der Waals surface area (Å²) in [5, 5.41) is 2.62. The van der Waals surface area contributed by atoms with Crippen LogP contribution >= 0.6 is 11.8 Å². The molecule has 1 heterocycles. The van der Waals surface area contributed by atoms with E-state index >= 15 is 0 Å². The second-order valence-corrected chi connectivity index (χ2v) is 5.92. The summed E-state index contributed by atoms with van der Waals surface area (Å²) in [7, 11) is 0. The summed E-state index contributed by atoms with van der Waals surface area (Å²) in [5.74, 6) is -0.0509. The largest absolute Gasteiger partial charge is 0.381 e. The zero-order valence-electron chi connectivity index (χ0n) is 11.6. The van der Waals surface area contributed by atoms with Gasteiger partial charge in [-0.2, -0.15) is 11.8 Å². The second kappa shape index (κ2) is 6.43. The average molecular weight is 300 g/mol. The first kappa shape index (κ1) is 15.1. The highest BCUT2D eigenvalue weighted by atomic mass is 32.2. The molecule has 0 bridgehead atoms. The van der Waals surface area contributed by atoms with Crippen LogP contribution in [0.1, 0.15) is 24.2 Å². The molecule has 1 atom stereocenters. The van der Waals surface area contributed by atoms with Crippen molar-refractivity contribution in [1.82, 2.24) is 4.90 Å². The maximum atomic E-state index is 13.8. The van der Waals surface area contributed by atoms with Gasteiger partial charge in [0.25, 0.3) is 5.91 Å². The molecule has 3 nitrogen and oxygen atoms in total. The third-order valence-corrected chi connectivity index (χ3v) is 4.46. The molecular formula is C14H18F2N2OS. The first-order chi connectivity index (χ1) is 9.54. The van der Waals surface area contributed by atoms with Crippen molar-refractivity contribution in [3.8, 4) is 0 Å². The number of nitrogens with one attached hydrogen (secondary N) is 1. The Bertz CT molecular complexity index is 487. The molecule has 1 aliphatic heterocycles. The fourth-order valence-electron chi connectivity index (χ4n) is 2.24. The van der Waals surface area contributed by atoms with Gasteiger partial charge in [0.2, 0.25) is 0 Å². The predicted molar refractivity (Wildman–Crippen MR) is 78.3 cm³/mol. The van der Waals surface area contributed by atoms with E-state index in [4.69, 9.17) is 0 Å². The van der Waals surface area contributed by atoms with E-state index in [1.165, 1.54) is 0 Å². The van der Waals surface area contributed by atoms with Crippen molar-refractivity contribution in [3.05, 3.63) is 29.3 Å². The molecule has 1 aliphatic rings. The quantitative estimate of drug-likeness (QED) is 0.931. The van der Waals surface area contributed by atoms with Gasteiger partial charge in [0.1, 0.15) is 17.3 Å². The molecule has 0 radical (unpaired) electrons. The number of nitrogens with zero attached hydrogens (tertiary/aromatic N) is 1. The van der Waals surface area contributed by atoms with Crippen LogP contribution in [0.15, 0.2) is 12.1 Å². The molecule has 0 spiro atoms. The Balaban J connectivity index is 2.26. The SMILES string of the molecule is CCNc1c(F)cc(C(=O)N2CCSCC2C)cc1F. The van der Waals surface area contributed by atoms with Crippen molar-refractivity contribution in [3.63, 3.8) is 0 Å². The number of carbonyl (C=O) groups is 1. The highest BCUT2D eigenvalue weighted by Gasteiger charge is 2.26. The van der Waals surface area contributed by atoms with Crippen molar-refractivity contribution in [2.75, 3.05) is 29.9 Å². The van der Waals surface area contributed by atoms with Gasteiger partial charge >= 0.3 is 0 Å². The minimum atomic E-state index is -0.728. The fraction of sp³-hybridized carbons (Fsp3) is 0.500. The lowest BCUT2D eigenvalue weighted by molar-refractivity contribution is 0.0715. The number of anilines is 1. The Morgan fingerprint density at radius 3 is 2.65 bits per heavy atom. The normalized spacial score (nSPS) is 19.0. The van der Waals surface area contributed by atoms with E-state index in [2.05, 4.69) is 5.32 Å². The molecule has 1 aromatic carbocycles. The molecule has 0 saturated carbocycles. The van der Waals surface area contributed by atoms with Gasteiger partial charge in [-0.05, 0) is 26.0 Å². The van der Waals surface area contributed by atoms with E-state index in [0.29, 0.717) is 13.1 Å². The molecule has 0 aromatic heterocycles. The molecule has 1 unspecified atom stereocenters. The molecule has 20 heavy (non-hydrogen) atoms. The summed E-state index contributed by atoms with van der Waals surface area (Å²) >= 11 is 1.78. The van der Waals surface area contributed by atoms with Crippen LogP contribution in [-0.4, -0.2) is 41.4 Å². The van der Waals surface area contributed by atoms with E-state index in [9.17, 15) is 13.6 Å². The van der Waals surface area contributed by atoms with Crippen LogP contribution in [0.5, 0.6) is 0 Å². The monoisotopic (exact) mass is 300 g/mol. The van der Waals surface area contributed by atoms with Crippen LogP contribution in [-0.2, 0) is 0 Å². The average Bonchev–Trinajstić information content (AvgIpc) is 2.42. The highest BCUT2D eigenvalue weighted by molar-refractivity contribution is 7.99. The van der Waals surface area contributed by atoms with Gasteiger partial charge in [-0.25, -0.2) is 8.78 Å². The number of amides is 1. The van der Waals surface area contributed by atoms with Crippen LogP contribution in [0.4, 0.5) is 14.5 Å². The first-order valence-electron chi connectivity index (χ1n) is 6.66. The topological polar surface area (TPSA) is 32.3 Å². The molecule has 2 rings (SSSR count). The number of benzene rings is 1. The number of halogens is 2. The van der Waals surface area contributed by atoms with Crippen molar-refractivity contribution < 1.29 is 13.6 Å². The number of carbonyl (C=O) groups excluding carboxylic acids is 1. The van der Waals surface area contributed by atoms with Gasteiger partial charge in [-0.15, -0.1) is 0 Å². The maximum Gasteiger partial charge on any atom is 0.254 e. The van der Waals surface area contributed by atoms with E-state index in [1.54, 1.807) is 23.6 Å². The molecule has 1 amide bonds. The molecule has 1 saturated heterocycles. The Labute approximate surface area is 121 Å². The number of hydrogen-bond acceptors (Lipinski definition) is 3.